The number of benzene rings is 1. The summed E-state index contributed by atoms with van der Waals surface area (Å²) in [5, 5.41) is 3.44. The Labute approximate surface area is 117 Å². The van der Waals surface area contributed by atoms with Gasteiger partial charge < -0.3 is 5.32 Å². The van der Waals surface area contributed by atoms with Gasteiger partial charge in [0, 0.05) is 18.8 Å². The van der Waals surface area contributed by atoms with Crippen molar-refractivity contribution in [3.8, 4) is 0 Å². The maximum Gasteiger partial charge on any atom is 0.0373 e. The number of nitrogens with zero attached hydrogens (tertiary/aromatic N) is 1. The van der Waals surface area contributed by atoms with Crippen LogP contribution in [0.15, 0.2) is 18.2 Å². The van der Waals surface area contributed by atoms with Crippen LogP contribution in [0.2, 0.25) is 0 Å². The molecular weight excluding hydrogens is 232 g/mol. The van der Waals surface area contributed by atoms with Crippen molar-refractivity contribution in [1.29, 1.82) is 0 Å². The molecule has 1 saturated heterocycles. The summed E-state index contributed by atoms with van der Waals surface area (Å²) in [6.07, 6.45) is 3.95. The Morgan fingerprint density at radius 3 is 2.79 bits per heavy atom. The molecule has 1 aromatic rings. The molecule has 2 heterocycles. The molecule has 104 valence electrons. The van der Waals surface area contributed by atoms with Crippen molar-refractivity contribution in [3.05, 3.63) is 29.3 Å². The van der Waals surface area contributed by atoms with Crippen LogP contribution in [0.25, 0.3) is 0 Å². The maximum absolute atomic E-state index is 3.44. The zero-order valence-electron chi connectivity index (χ0n) is 12.3. The van der Waals surface area contributed by atoms with Gasteiger partial charge >= 0.3 is 0 Å². The van der Waals surface area contributed by atoms with Crippen molar-refractivity contribution < 1.29 is 0 Å². The van der Waals surface area contributed by atoms with E-state index in [9.17, 15) is 0 Å². The molecule has 0 radical (unpaired) electrons. The number of anilines is 1. The first-order valence-corrected chi connectivity index (χ1v) is 7.80. The van der Waals surface area contributed by atoms with Gasteiger partial charge in [-0.25, -0.2) is 0 Å². The number of piperidine rings is 1. The lowest BCUT2D eigenvalue weighted by molar-refractivity contribution is 0.152. The summed E-state index contributed by atoms with van der Waals surface area (Å²) in [4.78, 5) is 2.63. The normalized spacial score (nSPS) is 20.6. The zero-order chi connectivity index (χ0) is 13.2. The molecule has 2 aliphatic heterocycles. The van der Waals surface area contributed by atoms with Gasteiger partial charge in [0.2, 0.25) is 0 Å². The van der Waals surface area contributed by atoms with E-state index in [0.29, 0.717) is 0 Å². The van der Waals surface area contributed by atoms with Crippen LogP contribution in [0.4, 0.5) is 5.69 Å². The van der Waals surface area contributed by atoms with Crippen molar-refractivity contribution in [3.63, 3.8) is 0 Å². The zero-order valence-corrected chi connectivity index (χ0v) is 12.3. The smallest absolute Gasteiger partial charge is 0.0373 e. The Bertz CT molecular complexity index is 431. The Morgan fingerprint density at radius 2 is 2.05 bits per heavy atom. The molecule has 1 aromatic carbocycles. The van der Waals surface area contributed by atoms with E-state index in [1.807, 2.05) is 0 Å². The first-order valence-electron chi connectivity index (χ1n) is 7.80. The minimum atomic E-state index is 0.855. The molecule has 0 spiro atoms. The Hall–Kier alpha value is -1.02. The molecule has 0 bridgehead atoms. The second kappa shape index (κ2) is 5.54. The third-order valence-electron chi connectivity index (χ3n) is 4.86. The topological polar surface area (TPSA) is 15.3 Å². The molecule has 0 saturated carbocycles. The van der Waals surface area contributed by atoms with Crippen molar-refractivity contribution in [2.75, 3.05) is 25.0 Å². The fraction of sp³-hybridized carbons (Fsp3) is 0.647. The van der Waals surface area contributed by atoms with E-state index in [2.05, 4.69) is 42.3 Å². The number of fused-ring (bicyclic) bond motifs is 1. The molecule has 1 fully saturated rings. The van der Waals surface area contributed by atoms with E-state index in [-0.39, 0.29) is 0 Å². The number of likely N-dealkylation sites (tertiary alicyclic amines) is 1. The molecule has 3 rings (SSSR count). The molecular formula is C17H26N2. The lowest BCUT2D eigenvalue weighted by atomic mass is 9.86. The molecule has 2 nitrogen and oxygen atoms in total. The highest BCUT2D eigenvalue weighted by Gasteiger charge is 2.21. The van der Waals surface area contributed by atoms with E-state index < -0.39 is 0 Å². The van der Waals surface area contributed by atoms with Gasteiger partial charge in [0.15, 0.2) is 0 Å². The number of nitrogens with one attached hydrogen (secondary N) is 1. The monoisotopic (exact) mass is 258 g/mol. The van der Waals surface area contributed by atoms with Crippen LogP contribution in [0.1, 0.15) is 37.8 Å². The number of hydrogen-bond acceptors (Lipinski definition) is 2. The minimum absolute atomic E-state index is 0.855. The van der Waals surface area contributed by atoms with E-state index in [1.165, 1.54) is 49.2 Å². The van der Waals surface area contributed by atoms with Crippen LogP contribution in [0, 0.1) is 11.8 Å². The summed E-state index contributed by atoms with van der Waals surface area (Å²) in [5.74, 6) is 1.80. The second-order valence-electron chi connectivity index (χ2n) is 6.53. The fourth-order valence-corrected chi connectivity index (χ4v) is 3.49. The lowest BCUT2D eigenvalue weighted by Gasteiger charge is -2.33. The van der Waals surface area contributed by atoms with Crippen LogP contribution < -0.4 is 5.32 Å². The highest BCUT2D eigenvalue weighted by molar-refractivity contribution is 5.56. The molecule has 2 heteroatoms. The molecule has 0 amide bonds. The standard InChI is InChI=1S/C17H26N2/c1-13(2)15-6-9-19(10-7-15)12-14-3-4-17-16(11-14)5-8-18-17/h3-4,11,13,15,18H,5-10,12H2,1-2H3. The minimum Gasteiger partial charge on any atom is -0.384 e. The van der Waals surface area contributed by atoms with Gasteiger partial charge in [0.25, 0.3) is 0 Å². The second-order valence-corrected chi connectivity index (χ2v) is 6.53. The Morgan fingerprint density at radius 1 is 1.26 bits per heavy atom. The Kier molecular flexibility index (Phi) is 3.79. The number of rotatable bonds is 3. The predicted octanol–water partition coefficient (Wildman–Crippen LogP) is 3.52. The molecule has 19 heavy (non-hydrogen) atoms. The van der Waals surface area contributed by atoms with E-state index in [0.717, 1.165) is 24.9 Å². The highest BCUT2D eigenvalue weighted by Crippen LogP contribution is 2.27. The first-order chi connectivity index (χ1) is 9.22. The molecule has 0 aliphatic carbocycles. The highest BCUT2D eigenvalue weighted by atomic mass is 15.1. The fourth-order valence-electron chi connectivity index (χ4n) is 3.49. The van der Waals surface area contributed by atoms with Gasteiger partial charge in [0.1, 0.15) is 0 Å². The SMILES string of the molecule is CC(C)C1CCN(Cc2ccc3c(c2)CCN3)CC1. The average molecular weight is 258 g/mol. The number of hydrogen-bond donors (Lipinski definition) is 1. The largest absolute Gasteiger partial charge is 0.384 e. The first kappa shape index (κ1) is 13.0. The van der Waals surface area contributed by atoms with Gasteiger partial charge in [-0.05, 0) is 61.4 Å². The third-order valence-corrected chi connectivity index (χ3v) is 4.86. The van der Waals surface area contributed by atoms with E-state index >= 15 is 0 Å². The van der Waals surface area contributed by atoms with Gasteiger partial charge in [-0.3, -0.25) is 4.90 Å². The van der Waals surface area contributed by atoms with Gasteiger partial charge in [0.05, 0.1) is 0 Å². The van der Waals surface area contributed by atoms with Gasteiger partial charge in [-0.15, -0.1) is 0 Å². The third kappa shape index (κ3) is 2.94. The lowest BCUT2D eigenvalue weighted by Crippen LogP contribution is -2.34. The predicted molar refractivity (Wildman–Crippen MR) is 81.5 cm³/mol. The molecule has 1 N–H and O–H groups in total. The quantitative estimate of drug-likeness (QED) is 0.892. The Balaban J connectivity index is 1.58. The van der Waals surface area contributed by atoms with Crippen molar-refractivity contribution in [2.45, 2.75) is 39.7 Å². The maximum atomic E-state index is 3.44. The van der Waals surface area contributed by atoms with Crippen molar-refractivity contribution in [2.24, 2.45) is 11.8 Å². The summed E-state index contributed by atoms with van der Waals surface area (Å²) >= 11 is 0. The summed E-state index contributed by atoms with van der Waals surface area (Å²) in [5.41, 5.74) is 4.35. The van der Waals surface area contributed by atoms with E-state index in [1.54, 1.807) is 0 Å². The molecule has 0 unspecified atom stereocenters. The summed E-state index contributed by atoms with van der Waals surface area (Å²) < 4.78 is 0. The van der Waals surface area contributed by atoms with Crippen molar-refractivity contribution >= 4 is 5.69 Å². The van der Waals surface area contributed by atoms with Gasteiger partial charge in [-0.1, -0.05) is 26.0 Å². The molecule has 0 aromatic heterocycles. The summed E-state index contributed by atoms with van der Waals surface area (Å²) in [7, 11) is 0. The van der Waals surface area contributed by atoms with Crippen LogP contribution in [-0.2, 0) is 13.0 Å². The summed E-state index contributed by atoms with van der Waals surface area (Å²) in [6, 6.07) is 6.97. The van der Waals surface area contributed by atoms with Crippen LogP contribution in [0.5, 0.6) is 0 Å². The van der Waals surface area contributed by atoms with Crippen LogP contribution in [0.3, 0.4) is 0 Å². The molecule has 2 aliphatic rings. The molecule has 0 atom stereocenters. The van der Waals surface area contributed by atoms with Crippen LogP contribution in [-0.4, -0.2) is 24.5 Å². The van der Waals surface area contributed by atoms with Gasteiger partial charge in [-0.2, -0.15) is 0 Å². The van der Waals surface area contributed by atoms with Crippen molar-refractivity contribution in [1.82, 2.24) is 4.90 Å². The summed E-state index contributed by atoms with van der Waals surface area (Å²) in [6.45, 7) is 9.54. The van der Waals surface area contributed by atoms with Crippen LogP contribution >= 0.6 is 0 Å². The van der Waals surface area contributed by atoms with E-state index in [4.69, 9.17) is 0 Å². The average Bonchev–Trinajstić information content (AvgIpc) is 2.87.